The van der Waals surface area contributed by atoms with Crippen LogP contribution in [-0.4, -0.2) is 11.5 Å². The normalized spacial score (nSPS) is 7.62. The fourth-order valence-corrected chi connectivity index (χ4v) is 0.241. The van der Waals surface area contributed by atoms with E-state index in [4.69, 9.17) is 0 Å². The van der Waals surface area contributed by atoms with Crippen molar-refractivity contribution in [2.45, 2.75) is 12.8 Å². The molecule has 0 saturated heterocycles. The molecule has 0 atom stereocenters. The van der Waals surface area contributed by atoms with E-state index in [-0.39, 0.29) is 42.6 Å². The fraction of sp³-hybridized carbons (Fsp3) is 0.750. The SMILES string of the molecule is [CH2-]CCC[N+](=O)[O-].[U]. The summed E-state index contributed by atoms with van der Waals surface area (Å²) < 4.78 is 0. The van der Waals surface area contributed by atoms with Crippen molar-refractivity contribution in [3.63, 3.8) is 0 Å². The zero-order valence-electron chi connectivity index (χ0n) is 4.59. The van der Waals surface area contributed by atoms with Crippen molar-refractivity contribution in [2.24, 2.45) is 0 Å². The van der Waals surface area contributed by atoms with E-state index in [1.807, 2.05) is 0 Å². The van der Waals surface area contributed by atoms with E-state index >= 15 is 0 Å². The van der Waals surface area contributed by atoms with Crippen molar-refractivity contribution in [1.29, 1.82) is 0 Å². The molecule has 0 aliphatic heterocycles. The van der Waals surface area contributed by atoms with Crippen molar-refractivity contribution in [3.8, 4) is 0 Å². The van der Waals surface area contributed by atoms with Gasteiger partial charge in [-0.2, -0.15) is 6.42 Å². The molecule has 0 aromatic heterocycles. The minimum atomic E-state index is -0.328. The summed E-state index contributed by atoms with van der Waals surface area (Å²) in [6, 6.07) is 0. The number of hydrogen-bond donors (Lipinski definition) is 0. The number of nitro groups is 1. The summed E-state index contributed by atoms with van der Waals surface area (Å²) in [6.45, 7) is 3.51. The molecule has 0 N–H and O–H groups in total. The monoisotopic (exact) mass is 340 g/mol. The summed E-state index contributed by atoms with van der Waals surface area (Å²) in [7, 11) is 0. The van der Waals surface area contributed by atoms with Crippen molar-refractivity contribution in [3.05, 3.63) is 17.0 Å². The quantitative estimate of drug-likeness (QED) is 0.435. The molecule has 0 radical (unpaired) electrons. The largest absolute Gasteiger partial charge is 0.343 e. The maximum Gasteiger partial charge on any atom is 0.201 e. The Labute approximate surface area is 72.4 Å². The molecule has 0 saturated carbocycles. The van der Waals surface area contributed by atoms with Crippen LogP contribution in [0.4, 0.5) is 0 Å². The van der Waals surface area contributed by atoms with Gasteiger partial charge in [-0.1, -0.05) is 0 Å². The Kier molecular flexibility index (Phi) is 10.5. The van der Waals surface area contributed by atoms with Gasteiger partial charge in [-0.25, -0.2) is 0 Å². The number of rotatable bonds is 3. The summed E-state index contributed by atoms with van der Waals surface area (Å²) in [5.74, 6) is 0. The minimum Gasteiger partial charge on any atom is -0.343 e. The van der Waals surface area contributed by atoms with Gasteiger partial charge in [0.15, 0.2) is 0 Å². The Bertz CT molecular complexity index is 67.1. The van der Waals surface area contributed by atoms with E-state index < -0.39 is 0 Å². The molecule has 0 aromatic rings. The molecule has 0 bridgehead atoms. The summed E-state index contributed by atoms with van der Waals surface area (Å²) >= 11 is 0. The average molecular weight is 340 g/mol. The predicted octanol–water partition coefficient (Wildman–Crippen LogP) is 0.877. The first-order valence-corrected chi connectivity index (χ1v) is 2.18. The predicted molar refractivity (Wildman–Crippen MR) is 26.5 cm³/mol. The minimum absolute atomic E-state index is 0. The Balaban J connectivity index is 0. The van der Waals surface area contributed by atoms with Crippen LogP contribution in [-0.2, 0) is 0 Å². The first-order chi connectivity index (χ1) is 3.27. The third-order valence-electron chi connectivity index (χ3n) is 0.591. The molecular formula is C4H8NO2U-. The fourth-order valence-electron chi connectivity index (χ4n) is 0.241. The topological polar surface area (TPSA) is 43.1 Å². The Morgan fingerprint density at radius 2 is 2.12 bits per heavy atom. The van der Waals surface area contributed by atoms with E-state index in [0.29, 0.717) is 12.8 Å². The van der Waals surface area contributed by atoms with Gasteiger partial charge in [0, 0.05) is 36.0 Å². The van der Waals surface area contributed by atoms with Crippen LogP contribution < -0.4 is 0 Å². The van der Waals surface area contributed by atoms with E-state index in [1.54, 1.807) is 0 Å². The van der Waals surface area contributed by atoms with Crippen molar-refractivity contribution in [2.75, 3.05) is 6.54 Å². The van der Waals surface area contributed by atoms with Gasteiger partial charge in [0.2, 0.25) is 6.54 Å². The second-order valence-corrected chi connectivity index (χ2v) is 1.26. The first kappa shape index (κ1) is 11.3. The van der Waals surface area contributed by atoms with Crippen LogP contribution in [0.15, 0.2) is 0 Å². The molecule has 0 heterocycles. The van der Waals surface area contributed by atoms with Gasteiger partial charge in [0.1, 0.15) is 0 Å². The molecule has 0 aromatic carbocycles. The molecule has 4 heteroatoms. The molecule has 0 unspecified atom stereocenters. The summed E-state index contributed by atoms with van der Waals surface area (Å²) in [4.78, 5) is 9.21. The van der Waals surface area contributed by atoms with Gasteiger partial charge in [-0.05, 0) is 6.42 Å². The maximum atomic E-state index is 9.54. The van der Waals surface area contributed by atoms with Crippen LogP contribution in [0, 0.1) is 48.2 Å². The molecular weight excluding hydrogens is 332 g/mol. The van der Waals surface area contributed by atoms with E-state index in [9.17, 15) is 10.1 Å². The Morgan fingerprint density at radius 1 is 1.62 bits per heavy atom. The van der Waals surface area contributed by atoms with Gasteiger partial charge >= 0.3 is 0 Å². The van der Waals surface area contributed by atoms with Gasteiger partial charge in [-0.15, -0.1) is 0 Å². The van der Waals surface area contributed by atoms with Crippen LogP contribution in [0.2, 0.25) is 0 Å². The summed E-state index contributed by atoms with van der Waals surface area (Å²) in [5.41, 5.74) is 0. The molecule has 0 aliphatic rings. The second kappa shape index (κ2) is 7.45. The average Bonchev–Trinajstić information content (AvgIpc) is 1.61. The maximum absolute atomic E-state index is 9.54. The Hall–Kier alpha value is 0.452. The van der Waals surface area contributed by atoms with Gasteiger partial charge < -0.3 is 6.92 Å². The molecule has 0 spiro atoms. The molecule has 3 nitrogen and oxygen atoms in total. The van der Waals surface area contributed by atoms with Crippen LogP contribution in [0.1, 0.15) is 12.8 Å². The summed E-state index contributed by atoms with van der Waals surface area (Å²) in [6.07, 6.45) is 1.24. The van der Waals surface area contributed by atoms with E-state index in [2.05, 4.69) is 6.92 Å². The summed E-state index contributed by atoms with van der Waals surface area (Å²) in [5, 5.41) is 9.54. The van der Waals surface area contributed by atoms with Crippen LogP contribution in [0.25, 0.3) is 0 Å². The molecule has 0 fully saturated rings. The van der Waals surface area contributed by atoms with Gasteiger partial charge in [-0.3, -0.25) is 10.1 Å². The smallest absolute Gasteiger partial charge is 0.201 e. The van der Waals surface area contributed by atoms with Crippen molar-refractivity contribution in [1.82, 2.24) is 0 Å². The van der Waals surface area contributed by atoms with E-state index in [1.165, 1.54) is 0 Å². The second-order valence-electron chi connectivity index (χ2n) is 1.26. The van der Waals surface area contributed by atoms with Crippen LogP contribution in [0.5, 0.6) is 0 Å². The number of unbranched alkanes of at least 4 members (excludes halogenated alkanes) is 1. The van der Waals surface area contributed by atoms with Crippen LogP contribution >= 0.6 is 0 Å². The van der Waals surface area contributed by atoms with E-state index in [0.717, 1.165) is 0 Å². The molecule has 46 valence electrons. The molecule has 0 rings (SSSR count). The van der Waals surface area contributed by atoms with Crippen LogP contribution in [0.3, 0.4) is 0 Å². The molecule has 8 heavy (non-hydrogen) atoms. The first-order valence-electron chi connectivity index (χ1n) is 2.18. The van der Waals surface area contributed by atoms with Gasteiger partial charge in [0.25, 0.3) is 0 Å². The molecule has 0 amide bonds. The van der Waals surface area contributed by atoms with Crippen molar-refractivity contribution < 1.29 is 36.0 Å². The van der Waals surface area contributed by atoms with Gasteiger partial charge in [0.05, 0.1) is 0 Å². The zero-order chi connectivity index (χ0) is 5.70. The number of hydrogen-bond acceptors (Lipinski definition) is 2. The third kappa shape index (κ3) is 9.68. The van der Waals surface area contributed by atoms with Crippen molar-refractivity contribution >= 4 is 0 Å². The Morgan fingerprint density at radius 3 is 2.25 bits per heavy atom. The number of nitrogens with zero attached hydrogens (tertiary/aromatic N) is 1. The standard InChI is InChI=1S/C4H8NO2.U/c1-2-3-4-5(6)7;/h1-4H2;/q-1;. The third-order valence-corrected chi connectivity index (χ3v) is 0.591. The molecule has 0 aliphatic carbocycles. The zero-order valence-corrected chi connectivity index (χ0v) is 8.76.